The summed E-state index contributed by atoms with van der Waals surface area (Å²) in [5.74, 6) is 0.398. The van der Waals surface area contributed by atoms with Gasteiger partial charge in [0.1, 0.15) is 0 Å². The number of nitrogens with zero attached hydrogens (tertiary/aromatic N) is 3. The molecule has 2 atom stereocenters. The first-order valence-electron chi connectivity index (χ1n) is 10.9. The topological polar surface area (TPSA) is 43.9 Å². The summed E-state index contributed by atoms with van der Waals surface area (Å²) < 4.78 is 0. The third-order valence-electron chi connectivity index (χ3n) is 6.96. The predicted molar refractivity (Wildman–Crippen MR) is 110 cm³/mol. The zero-order valence-corrected chi connectivity index (χ0v) is 17.3. The first-order valence-corrected chi connectivity index (χ1v) is 10.9. The molecule has 0 spiro atoms. The van der Waals surface area contributed by atoms with Gasteiger partial charge in [0.2, 0.25) is 5.91 Å². The van der Waals surface area contributed by atoms with Crippen molar-refractivity contribution in [2.24, 2.45) is 0 Å². The number of Topliss-reactive ketones (excluding diaryl/α,β-unsaturated/α-hetero) is 1. The molecule has 0 bridgehead atoms. The molecule has 152 valence electrons. The van der Waals surface area contributed by atoms with Gasteiger partial charge in [0.25, 0.3) is 0 Å². The second-order valence-corrected chi connectivity index (χ2v) is 8.72. The number of carbonyl (C=O) groups is 2. The van der Waals surface area contributed by atoms with Crippen molar-refractivity contribution in [1.29, 1.82) is 0 Å². The quantitative estimate of drug-likeness (QED) is 0.750. The minimum Gasteiger partial charge on any atom is -0.339 e. The Bertz CT molecular complexity index is 747. The van der Waals surface area contributed by atoms with Crippen molar-refractivity contribution in [3.63, 3.8) is 0 Å². The fourth-order valence-electron chi connectivity index (χ4n) is 5.28. The summed E-state index contributed by atoms with van der Waals surface area (Å²) in [7, 11) is 0. The molecule has 2 saturated heterocycles. The van der Waals surface area contributed by atoms with Gasteiger partial charge in [-0.1, -0.05) is 25.5 Å². The van der Waals surface area contributed by atoms with Crippen molar-refractivity contribution in [2.45, 2.75) is 64.6 Å². The summed E-state index contributed by atoms with van der Waals surface area (Å²) in [6.45, 7) is 8.92. The molecule has 5 nitrogen and oxygen atoms in total. The van der Waals surface area contributed by atoms with E-state index in [1.807, 2.05) is 12.1 Å². The minimum atomic E-state index is 0.118. The van der Waals surface area contributed by atoms with Crippen LogP contribution < -0.4 is 0 Å². The van der Waals surface area contributed by atoms with E-state index in [0.29, 0.717) is 12.6 Å². The highest BCUT2D eigenvalue weighted by Gasteiger charge is 2.35. The van der Waals surface area contributed by atoms with Crippen LogP contribution in [0.4, 0.5) is 0 Å². The Labute approximate surface area is 168 Å². The number of amides is 1. The van der Waals surface area contributed by atoms with Crippen LogP contribution in [-0.4, -0.2) is 71.2 Å². The van der Waals surface area contributed by atoms with E-state index >= 15 is 0 Å². The van der Waals surface area contributed by atoms with Gasteiger partial charge < -0.3 is 4.90 Å². The zero-order chi connectivity index (χ0) is 19.7. The third kappa shape index (κ3) is 4.01. The summed E-state index contributed by atoms with van der Waals surface area (Å²) in [4.78, 5) is 31.6. The molecule has 2 fully saturated rings. The van der Waals surface area contributed by atoms with E-state index in [9.17, 15) is 9.59 Å². The average Bonchev–Trinajstić information content (AvgIpc) is 2.72. The van der Waals surface area contributed by atoms with Crippen LogP contribution in [-0.2, 0) is 17.8 Å². The molecule has 0 N–H and O–H groups in total. The molecular weight excluding hydrogens is 350 g/mol. The number of ketones is 1. The number of rotatable bonds is 4. The Morgan fingerprint density at radius 3 is 2.75 bits per heavy atom. The molecule has 0 aliphatic carbocycles. The Morgan fingerprint density at radius 1 is 1.11 bits per heavy atom. The lowest BCUT2D eigenvalue weighted by molar-refractivity contribution is -0.137. The molecule has 3 aliphatic rings. The van der Waals surface area contributed by atoms with Crippen molar-refractivity contribution in [3.05, 3.63) is 34.9 Å². The second kappa shape index (κ2) is 8.34. The molecule has 5 heteroatoms. The molecule has 3 heterocycles. The Balaban J connectivity index is 1.34. The van der Waals surface area contributed by atoms with Gasteiger partial charge in [-0.25, -0.2) is 0 Å². The van der Waals surface area contributed by atoms with Gasteiger partial charge in [0.05, 0.1) is 6.54 Å². The summed E-state index contributed by atoms with van der Waals surface area (Å²) in [6, 6.07) is 7.29. The normalized spacial score (nSPS) is 25.9. The summed E-state index contributed by atoms with van der Waals surface area (Å²) in [6.07, 6.45) is 5.99. The Hall–Kier alpha value is -1.72. The number of hydrogen-bond acceptors (Lipinski definition) is 4. The highest BCUT2D eigenvalue weighted by molar-refractivity contribution is 5.94. The number of piperazine rings is 1. The van der Waals surface area contributed by atoms with E-state index in [1.165, 1.54) is 36.8 Å². The summed E-state index contributed by atoms with van der Waals surface area (Å²) in [5.41, 5.74) is 3.31. The van der Waals surface area contributed by atoms with E-state index in [0.717, 1.165) is 50.7 Å². The summed E-state index contributed by atoms with van der Waals surface area (Å²) in [5, 5.41) is 0. The SMILES string of the molecule is CCC1CCCC2CN(C(=O)CN3CCc4cc(C(C)=O)ccc4C3)CCN12. The van der Waals surface area contributed by atoms with Crippen LogP contribution in [0.3, 0.4) is 0 Å². The minimum absolute atomic E-state index is 0.118. The highest BCUT2D eigenvalue weighted by Crippen LogP contribution is 2.28. The van der Waals surface area contributed by atoms with Crippen molar-refractivity contribution in [1.82, 2.24) is 14.7 Å². The molecule has 28 heavy (non-hydrogen) atoms. The van der Waals surface area contributed by atoms with Crippen molar-refractivity contribution < 1.29 is 9.59 Å². The standard InChI is InChI=1S/C23H33N3O2/c1-3-21-5-4-6-22-15-25(11-12-26(21)22)23(28)16-24-10-9-19-13-18(17(2)27)7-8-20(19)14-24/h7-8,13,21-22H,3-6,9-12,14-16H2,1-2H3. The molecule has 0 saturated carbocycles. The molecule has 1 aromatic carbocycles. The first-order chi connectivity index (χ1) is 13.5. The molecule has 1 aromatic rings. The lowest BCUT2D eigenvalue weighted by Crippen LogP contribution is -2.60. The van der Waals surface area contributed by atoms with E-state index in [-0.39, 0.29) is 11.7 Å². The molecule has 4 rings (SSSR count). The number of carbonyl (C=O) groups excluding carboxylic acids is 2. The van der Waals surface area contributed by atoms with Gasteiger partial charge in [-0.2, -0.15) is 0 Å². The highest BCUT2D eigenvalue weighted by atomic mass is 16.2. The van der Waals surface area contributed by atoms with Gasteiger partial charge in [0, 0.05) is 50.4 Å². The van der Waals surface area contributed by atoms with Crippen molar-refractivity contribution >= 4 is 11.7 Å². The maximum Gasteiger partial charge on any atom is 0.236 e. The number of hydrogen-bond donors (Lipinski definition) is 0. The molecule has 2 unspecified atom stereocenters. The molecule has 0 aromatic heterocycles. The average molecular weight is 384 g/mol. The largest absolute Gasteiger partial charge is 0.339 e. The molecule has 1 amide bonds. The molecule has 0 radical (unpaired) electrons. The summed E-state index contributed by atoms with van der Waals surface area (Å²) >= 11 is 0. The zero-order valence-electron chi connectivity index (χ0n) is 17.3. The van der Waals surface area contributed by atoms with Gasteiger partial charge >= 0.3 is 0 Å². The van der Waals surface area contributed by atoms with Gasteiger partial charge in [-0.15, -0.1) is 0 Å². The van der Waals surface area contributed by atoms with Crippen LogP contribution in [0.1, 0.15) is 61.0 Å². The second-order valence-electron chi connectivity index (χ2n) is 8.72. The van der Waals surface area contributed by atoms with Crippen molar-refractivity contribution in [3.8, 4) is 0 Å². The Morgan fingerprint density at radius 2 is 1.96 bits per heavy atom. The van der Waals surface area contributed by atoms with Crippen LogP contribution >= 0.6 is 0 Å². The first kappa shape index (κ1) is 19.6. The van der Waals surface area contributed by atoms with Crippen LogP contribution in [0.5, 0.6) is 0 Å². The van der Waals surface area contributed by atoms with Gasteiger partial charge in [0.15, 0.2) is 5.78 Å². The van der Waals surface area contributed by atoms with Crippen molar-refractivity contribution in [2.75, 3.05) is 32.7 Å². The number of fused-ring (bicyclic) bond motifs is 2. The molecular formula is C23H33N3O2. The fourth-order valence-corrected chi connectivity index (χ4v) is 5.28. The third-order valence-corrected chi connectivity index (χ3v) is 6.96. The van der Waals surface area contributed by atoms with E-state index < -0.39 is 0 Å². The fraction of sp³-hybridized carbons (Fsp3) is 0.652. The lowest BCUT2D eigenvalue weighted by Gasteiger charge is -2.48. The maximum absolute atomic E-state index is 13.0. The maximum atomic E-state index is 13.0. The lowest BCUT2D eigenvalue weighted by atomic mass is 9.92. The van der Waals surface area contributed by atoms with Crippen LogP contribution in [0, 0.1) is 0 Å². The van der Waals surface area contributed by atoms with Crippen LogP contribution in [0.2, 0.25) is 0 Å². The monoisotopic (exact) mass is 383 g/mol. The Kier molecular flexibility index (Phi) is 5.83. The van der Waals surface area contributed by atoms with Crippen LogP contribution in [0.15, 0.2) is 18.2 Å². The smallest absolute Gasteiger partial charge is 0.236 e. The van der Waals surface area contributed by atoms with E-state index in [2.05, 4.69) is 27.7 Å². The number of benzene rings is 1. The van der Waals surface area contributed by atoms with Gasteiger partial charge in [-0.05, 0) is 49.8 Å². The molecule has 3 aliphatic heterocycles. The predicted octanol–water partition coefficient (Wildman–Crippen LogP) is 2.72. The van der Waals surface area contributed by atoms with E-state index in [4.69, 9.17) is 0 Å². The van der Waals surface area contributed by atoms with Crippen LogP contribution in [0.25, 0.3) is 0 Å². The van der Waals surface area contributed by atoms with E-state index in [1.54, 1.807) is 6.92 Å². The van der Waals surface area contributed by atoms with Gasteiger partial charge in [-0.3, -0.25) is 19.4 Å². The number of piperidine rings is 1.